The Hall–Kier alpha value is -0.630. The van der Waals surface area contributed by atoms with Crippen molar-refractivity contribution in [2.45, 2.75) is 63.8 Å². The van der Waals surface area contributed by atoms with Crippen molar-refractivity contribution < 1.29 is 4.74 Å². The van der Waals surface area contributed by atoms with Gasteiger partial charge in [0.15, 0.2) is 0 Å². The molecule has 1 aliphatic heterocycles. The topological polar surface area (TPSA) is 62.3 Å². The van der Waals surface area contributed by atoms with E-state index in [2.05, 4.69) is 24.8 Å². The van der Waals surface area contributed by atoms with E-state index < -0.39 is 5.54 Å². The molecule has 2 N–H and O–H groups in total. The van der Waals surface area contributed by atoms with Crippen LogP contribution in [0.1, 0.15) is 40.0 Å². The molecule has 0 saturated carbocycles. The molecule has 1 saturated heterocycles. The standard InChI is InChI=1S/C13H25N3O/c1-10-7-12(17-4)5-6-16(10)11(2)8-13(3,15)9-14/h10-12H,5-8,15H2,1-4H3. The Labute approximate surface area is 105 Å². The molecule has 0 spiro atoms. The van der Waals surface area contributed by atoms with Crippen LogP contribution in [-0.4, -0.2) is 42.3 Å². The largest absolute Gasteiger partial charge is 0.381 e. The van der Waals surface area contributed by atoms with E-state index >= 15 is 0 Å². The van der Waals surface area contributed by atoms with Crippen LogP contribution < -0.4 is 5.73 Å². The number of likely N-dealkylation sites (tertiary alicyclic amines) is 1. The molecule has 0 aromatic rings. The molecule has 17 heavy (non-hydrogen) atoms. The number of nitrogens with zero attached hydrogens (tertiary/aromatic N) is 2. The first-order valence-electron chi connectivity index (χ1n) is 6.38. The lowest BCUT2D eigenvalue weighted by atomic mass is 9.92. The van der Waals surface area contributed by atoms with E-state index in [4.69, 9.17) is 15.7 Å². The van der Waals surface area contributed by atoms with Crippen LogP contribution in [0, 0.1) is 11.3 Å². The Morgan fingerprint density at radius 1 is 1.65 bits per heavy atom. The number of hydrogen-bond acceptors (Lipinski definition) is 4. The maximum absolute atomic E-state index is 8.97. The first-order valence-corrected chi connectivity index (χ1v) is 6.38. The van der Waals surface area contributed by atoms with E-state index in [1.54, 1.807) is 14.0 Å². The van der Waals surface area contributed by atoms with Gasteiger partial charge in [0, 0.05) is 25.7 Å². The predicted molar refractivity (Wildman–Crippen MR) is 68.5 cm³/mol. The van der Waals surface area contributed by atoms with Crippen molar-refractivity contribution in [3.63, 3.8) is 0 Å². The van der Waals surface area contributed by atoms with Crippen molar-refractivity contribution in [2.24, 2.45) is 5.73 Å². The summed E-state index contributed by atoms with van der Waals surface area (Å²) in [5.74, 6) is 0. The lowest BCUT2D eigenvalue weighted by Gasteiger charge is -2.42. The summed E-state index contributed by atoms with van der Waals surface area (Å²) in [5.41, 5.74) is 5.19. The highest BCUT2D eigenvalue weighted by Gasteiger charge is 2.31. The van der Waals surface area contributed by atoms with Gasteiger partial charge in [0.05, 0.1) is 12.2 Å². The van der Waals surface area contributed by atoms with Crippen LogP contribution in [0.5, 0.6) is 0 Å². The summed E-state index contributed by atoms with van der Waals surface area (Å²) in [6.07, 6.45) is 3.23. The Bertz CT molecular complexity index is 285. The Balaban J connectivity index is 2.54. The second-order valence-corrected chi connectivity index (χ2v) is 5.55. The van der Waals surface area contributed by atoms with Gasteiger partial charge in [-0.05, 0) is 40.0 Å². The fraction of sp³-hybridized carbons (Fsp3) is 0.923. The molecule has 0 amide bonds. The highest BCUT2D eigenvalue weighted by molar-refractivity contribution is 5.03. The monoisotopic (exact) mass is 239 g/mol. The second kappa shape index (κ2) is 5.81. The molecule has 1 fully saturated rings. The van der Waals surface area contributed by atoms with Gasteiger partial charge in [-0.2, -0.15) is 5.26 Å². The zero-order valence-electron chi connectivity index (χ0n) is 11.4. The van der Waals surface area contributed by atoms with Gasteiger partial charge in [-0.1, -0.05) is 0 Å². The molecule has 1 aliphatic rings. The summed E-state index contributed by atoms with van der Waals surface area (Å²) in [5, 5.41) is 8.97. The predicted octanol–water partition coefficient (Wildman–Crippen LogP) is 1.51. The lowest BCUT2D eigenvalue weighted by Crippen LogP contribution is -2.51. The molecular weight excluding hydrogens is 214 g/mol. The molecule has 4 heteroatoms. The second-order valence-electron chi connectivity index (χ2n) is 5.55. The van der Waals surface area contributed by atoms with E-state index in [0.29, 0.717) is 24.6 Å². The summed E-state index contributed by atoms with van der Waals surface area (Å²) in [6.45, 7) is 7.21. The summed E-state index contributed by atoms with van der Waals surface area (Å²) < 4.78 is 5.41. The van der Waals surface area contributed by atoms with Crippen molar-refractivity contribution in [2.75, 3.05) is 13.7 Å². The Morgan fingerprint density at radius 3 is 2.76 bits per heavy atom. The smallest absolute Gasteiger partial charge is 0.102 e. The van der Waals surface area contributed by atoms with Crippen LogP contribution in [0.3, 0.4) is 0 Å². The van der Waals surface area contributed by atoms with Gasteiger partial charge >= 0.3 is 0 Å². The van der Waals surface area contributed by atoms with Crippen LogP contribution in [0.4, 0.5) is 0 Å². The van der Waals surface area contributed by atoms with Crippen molar-refractivity contribution in [3.8, 4) is 6.07 Å². The first kappa shape index (κ1) is 14.4. The van der Waals surface area contributed by atoms with Crippen LogP contribution in [0.2, 0.25) is 0 Å². The number of methoxy groups -OCH3 is 1. The lowest BCUT2D eigenvalue weighted by molar-refractivity contribution is -0.00151. The van der Waals surface area contributed by atoms with E-state index in [0.717, 1.165) is 19.4 Å². The minimum atomic E-state index is -0.725. The van der Waals surface area contributed by atoms with Gasteiger partial charge < -0.3 is 10.5 Å². The average Bonchev–Trinajstić information content (AvgIpc) is 2.28. The third-order valence-corrected chi connectivity index (χ3v) is 3.75. The van der Waals surface area contributed by atoms with Gasteiger partial charge in [-0.3, -0.25) is 4.90 Å². The van der Waals surface area contributed by atoms with E-state index in [9.17, 15) is 0 Å². The SMILES string of the molecule is COC1CCN(C(C)CC(C)(N)C#N)C(C)C1. The molecule has 1 rings (SSSR count). The Kier molecular flexibility index (Phi) is 4.93. The minimum absolute atomic E-state index is 0.345. The molecule has 4 unspecified atom stereocenters. The molecule has 1 heterocycles. The zero-order chi connectivity index (χ0) is 13.1. The maximum atomic E-state index is 8.97. The summed E-state index contributed by atoms with van der Waals surface area (Å²) in [7, 11) is 1.78. The number of hydrogen-bond donors (Lipinski definition) is 1. The number of rotatable bonds is 4. The quantitative estimate of drug-likeness (QED) is 0.807. The van der Waals surface area contributed by atoms with Gasteiger partial charge in [-0.25, -0.2) is 0 Å². The summed E-state index contributed by atoms with van der Waals surface area (Å²) in [6, 6.07) is 3.02. The molecular formula is C13H25N3O. The number of ether oxygens (including phenoxy) is 1. The van der Waals surface area contributed by atoms with Gasteiger partial charge in [0.1, 0.15) is 5.54 Å². The van der Waals surface area contributed by atoms with Crippen molar-refractivity contribution >= 4 is 0 Å². The number of nitrogens with two attached hydrogens (primary N) is 1. The van der Waals surface area contributed by atoms with Crippen molar-refractivity contribution in [3.05, 3.63) is 0 Å². The highest BCUT2D eigenvalue weighted by Crippen LogP contribution is 2.24. The molecule has 0 aliphatic carbocycles. The van der Waals surface area contributed by atoms with Gasteiger partial charge in [0.2, 0.25) is 0 Å². The maximum Gasteiger partial charge on any atom is 0.102 e. The van der Waals surface area contributed by atoms with E-state index in [-0.39, 0.29) is 0 Å². The molecule has 0 aromatic heterocycles. The van der Waals surface area contributed by atoms with Gasteiger partial charge in [-0.15, -0.1) is 0 Å². The normalized spacial score (nSPS) is 31.5. The first-order chi connectivity index (χ1) is 7.89. The molecule has 0 aromatic carbocycles. The van der Waals surface area contributed by atoms with E-state index in [1.807, 2.05) is 0 Å². The van der Waals surface area contributed by atoms with E-state index in [1.165, 1.54) is 0 Å². The fourth-order valence-electron chi connectivity index (χ4n) is 2.79. The third-order valence-electron chi connectivity index (χ3n) is 3.75. The minimum Gasteiger partial charge on any atom is -0.381 e. The molecule has 4 nitrogen and oxygen atoms in total. The fourth-order valence-corrected chi connectivity index (χ4v) is 2.79. The average molecular weight is 239 g/mol. The molecule has 98 valence electrons. The molecule has 4 atom stereocenters. The summed E-state index contributed by atoms with van der Waals surface area (Å²) >= 11 is 0. The van der Waals surface area contributed by atoms with Crippen molar-refractivity contribution in [1.29, 1.82) is 5.26 Å². The molecule has 0 radical (unpaired) electrons. The zero-order valence-corrected chi connectivity index (χ0v) is 11.4. The van der Waals surface area contributed by atoms with Crippen LogP contribution in [0.25, 0.3) is 0 Å². The molecule has 0 bridgehead atoms. The third kappa shape index (κ3) is 3.95. The highest BCUT2D eigenvalue weighted by atomic mass is 16.5. The number of piperidine rings is 1. The van der Waals surface area contributed by atoms with Crippen LogP contribution in [-0.2, 0) is 4.74 Å². The van der Waals surface area contributed by atoms with Crippen molar-refractivity contribution in [1.82, 2.24) is 4.90 Å². The van der Waals surface area contributed by atoms with Crippen LogP contribution >= 0.6 is 0 Å². The Morgan fingerprint density at radius 2 is 2.29 bits per heavy atom. The van der Waals surface area contributed by atoms with Crippen LogP contribution in [0.15, 0.2) is 0 Å². The summed E-state index contributed by atoms with van der Waals surface area (Å²) in [4.78, 5) is 2.44. The number of nitriles is 1. The van der Waals surface area contributed by atoms with Gasteiger partial charge in [0.25, 0.3) is 0 Å².